The standard InChI is InChI=1S/C19H24N2O3/c1-23-17-10-8-15(9-11-17)20-19(22)14-21(16-5-2-3-6-16)13-18-7-4-12-24-18/h4,7-12,16H,2-3,5-6,13-14H2,1H3,(H,20,22). The fraction of sp³-hybridized carbons (Fsp3) is 0.421. The van der Waals surface area contributed by atoms with E-state index in [2.05, 4.69) is 10.2 Å². The van der Waals surface area contributed by atoms with Crippen molar-refractivity contribution in [3.63, 3.8) is 0 Å². The van der Waals surface area contributed by atoms with Crippen LogP contribution >= 0.6 is 0 Å². The predicted molar refractivity (Wildman–Crippen MR) is 93.0 cm³/mol. The molecular weight excluding hydrogens is 304 g/mol. The molecule has 0 spiro atoms. The number of anilines is 1. The number of furan rings is 1. The fourth-order valence-corrected chi connectivity index (χ4v) is 3.25. The maximum Gasteiger partial charge on any atom is 0.238 e. The normalized spacial score (nSPS) is 14.9. The molecule has 1 aromatic heterocycles. The summed E-state index contributed by atoms with van der Waals surface area (Å²) in [5.41, 5.74) is 0.783. The third kappa shape index (κ3) is 4.38. The van der Waals surface area contributed by atoms with E-state index in [0.29, 0.717) is 19.1 Å². The lowest BCUT2D eigenvalue weighted by atomic mass is 10.2. The quantitative estimate of drug-likeness (QED) is 0.842. The molecule has 0 unspecified atom stereocenters. The van der Waals surface area contributed by atoms with Crippen LogP contribution in [0.3, 0.4) is 0 Å². The number of amides is 1. The summed E-state index contributed by atoms with van der Waals surface area (Å²) in [7, 11) is 1.63. The molecule has 0 saturated heterocycles. The molecule has 1 aromatic carbocycles. The molecule has 5 nitrogen and oxygen atoms in total. The van der Waals surface area contributed by atoms with Crippen molar-refractivity contribution in [1.29, 1.82) is 0 Å². The smallest absolute Gasteiger partial charge is 0.238 e. The molecule has 0 atom stereocenters. The molecule has 0 radical (unpaired) electrons. The number of carbonyl (C=O) groups is 1. The SMILES string of the molecule is COc1ccc(NC(=O)CN(Cc2ccco2)C2CCCC2)cc1. The number of benzene rings is 1. The van der Waals surface area contributed by atoms with Gasteiger partial charge in [0.1, 0.15) is 11.5 Å². The average molecular weight is 328 g/mol. The van der Waals surface area contributed by atoms with Gasteiger partial charge in [-0.2, -0.15) is 0 Å². The largest absolute Gasteiger partial charge is 0.497 e. The summed E-state index contributed by atoms with van der Waals surface area (Å²) in [4.78, 5) is 14.7. The zero-order valence-corrected chi connectivity index (χ0v) is 14.0. The van der Waals surface area contributed by atoms with Crippen LogP contribution in [0.1, 0.15) is 31.4 Å². The Morgan fingerprint density at radius 3 is 2.62 bits per heavy atom. The zero-order chi connectivity index (χ0) is 16.8. The van der Waals surface area contributed by atoms with E-state index < -0.39 is 0 Å². The monoisotopic (exact) mass is 328 g/mol. The maximum absolute atomic E-state index is 12.4. The van der Waals surface area contributed by atoms with Gasteiger partial charge in [-0.05, 0) is 49.2 Å². The highest BCUT2D eigenvalue weighted by Gasteiger charge is 2.25. The first-order valence-corrected chi connectivity index (χ1v) is 8.45. The van der Waals surface area contributed by atoms with Crippen LogP contribution in [0.25, 0.3) is 0 Å². The number of methoxy groups -OCH3 is 1. The Labute approximate surface area is 142 Å². The third-order valence-electron chi connectivity index (χ3n) is 4.50. The van der Waals surface area contributed by atoms with E-state index in [4.69, 9.17) is 9.15 Å². The average Bonchev–Trinajstić information content (AvgIpc) is 3.28. The summed E-state index contributed by atoms with van der Waals surface area (Å²) in [5.74, 6) is 1.68. The molecule has 1 amide bonds. The van der Waals surface area contributed by atoms with E-state index in [-0.39, 0.29) is 5.91 Å². The predicted octanol–water partition coefficient (Wildman–Crippen LogP) is 3.67. The van der Waals surface area contributed by atoms with Crippen LogP contribution in [0.15, 0.2) is 47.1 Å². The summed E-state index contributed by atoms with van der Waals surface area (Å²) < 4.78 is 10.6. The van der Waals surface area contributed by atoms with E-state index in [9.17, 15) is 4.79 Å². The van der Waals surface area contributed by atoms with Crippen molar-refractivity contribution in [3.8, 4) is 5.75 Å². The Bertz CT molecular complexity index is 631. The number of hydrogen-bond donors (Lipinski definition) is 1. The van der Waals surface area contributed by atoms with Crippen LogP contribution in [0.2, 0.25) is 0 Å². The van der Waals surface area contributed by atoms with Gasteiger partial charge in [0.05, 0.1) is 26.5 Å². The second-order valence-corrected chi connectivity index (χ2v) is 6.20. The molecule has 1 heterocycles. The van der Waals surface area contributed by atoms with Gasteiger partial charge in [-0.15, -0.1) is 0 Å². The molecule has 0 aliphatic heterocycles. The van der Waals surface area contributed by atoms with Crippen molar-refractivity contribution < 1.29 is 13.9 Å². The van der Waals surface area contributed by atoms with Gasteiger partial charge in [-0.1, -0.05) is 12.8 Å². The van der Waals surface area contributed by atoms with Crippen LogP contribution < -0.4 is 10.1 Å². The molecule has 0 bridgehead atoms. The molecule has 128 valence electrons. The van der Waals surface area contributed by atoms with Crippen LogP contribution in [-0.4, -0.2) is 30.5 Å². The van der Waals surface area contributed by atoms with Crippen LogP contribution in [0.5, 0.6) is 5.75 Å². The minimum Gasteiger partial charge on any atom is -0.497 e. The topological polar surface area (TPSA) is 54.7 Å². The number of nitrogens with zero attached hydrogens (tertiary/aromatic N) is 1. The van der Waals surface area contributed by atoms with Crippen molar-refractivity contribution in [2.24, 2.45) is 0 Å². The molecule has 1 fully saturated rings. The first-order valence-electron chi connectivity index (χ1n) is 8.45. The van der Waals surface area contributed by atoms with E-state index in [1.807, 2.05) is 36.4 Å². The minimum absolute atomic E-state index is 0.00128. The Kier molecular flexibility index (Phi) is 5.54. The highest BCUT2D eigenvalue weighted by atomic mass is 16.5. The Morgan fingerprint density at radius 2 is 2.00 bits per heavy atom. The third-order valence-corrected chi connectivity index (χ3v) is 4.50. The Balaban J connectivity index is 1.61. The number of rotatable bonds is 7. The van der Waals surface area contributed by atoms with Gasteiger partial charge >= 0.3 is 0 Å². The molecule has 5 heteroatoms. The molecule has 1 aliphatic rings. The number of ether oxygens (including phenoxy) is 1. The number of hydrogen-bond acceptors (Lipinski definition) is 4. The van der Waals surface area contributed by atoms with Crippen molar-refractivity contribution >= 4 is 11.6 Å². The highest BCUT2D eigenvalue weighted by molar-refractivity contribution is 5.92. The molecule has 1 N–H and O–H groups in total. The van der Waals surface area contributed by atoms with Crippen molar-refractivity contribution in [2.45, 2.75) is 38.3 Å². The van der Waals surface area contributed by atoms with Gasteiger partial charge in [0.2, 0.25) is 5.91 Å². The maximum atomic E-state index is 12.4. The molecular formula is C19H24N2O3. The summed E-state index contributed by atoms with van der Waals surface area (Å²) in [6.45, 7) is 1.05. The van der Waals surface area contributed by atoms with Gasteiger partial charge in [0.25, 0.3) is 0 Å². The first kappa shape index (κ1) is 16.6. The lowest BCUT2D eigenvalue weighted by Gasteiger charge is -2.27. The van der Waals surface area contributed by atoms with Crippen LogP contribution in [0, 0.1) is 0 Å². The second-order valence-electron chi connectivity index (χ2n) is 6.20. The Hall–Kier alpha value is -2.27. The van der Waals surface area contributed by atoms with Crippen molar-refractivity contribution in [3.05, 3.63) is 48.4 Å². The highest BCUT2D eigenvalue weighted by Crippen LogP contribution is 2.25. The minimum atomic E-state index is -0.00128. The molecule has 1 saturated carbocycles. The summed E-state index contributed by atoms with van der Waals surface area (Å²) in [6, 6.07) is 11.7. The van der Waals surface area contributed by atoms with Crippen molar-refractivity contribution in [1.82, 2.24) is 4.90 Å². The van der Waals surface area contributed by atoms with Crippen LogP contribution in [0.4, 0.5) is 5.69 Å². The second kappa shape index (κ2) is 8.02. The van der Waals surface area contributed by atoms with Gasteiger partial charge in [0.15, 0.2) is 0 Å². The zero-order valence-electron chi connectivity index (χ0n) is 14.0. The fourth-order valence-electron chi connectivity index (χ4n) is 3.25. The summed E-state index contributed by atoms with van der Waals surface area (Å²) >= 11 is 0. The van der Waals surface area contributed by atoms with Gasteiger partial charge in [0, 0.05) is 11.7 Å². The van der Waals surface area contributed by atoms with E-state index in [1.54, 1.807) is 13.4 Å². The Morgan fingerprint density at radius 1 is 1.25 bits per heavy atom. The molecule has 1 aliphatic carbocycles. The number of nitrogens with one attached hydrogen (secondary N) is 1. The molecule has 24 heavy (non-hydrogen) atoms. The van der Waals surface area contributed by atoms with Gasteiger partial charge < -0.3 is 14.5 Å². The van der Waals surface area contributed by atoms with E-state index in [1.165, 1.54) is 12.8 Å². The van der Waals surface area contributed by atoms with Gasteiger partial charge in [-0.25, -0.2) is 0 Å². The van der Waals surface area contributed by atoms with Crippen LogP contribution in [-0.2, 0) is 11.3 Å². The van der Waals surface area contributed by atoms with Gasteiger partial charge in [-0.3, -0.25) is 9.69 Å². The van der Waals surface area contributed by atoms with Crippen molar-refractivity contribution in [2.75, 3.05) is 19.0 Å². The lowest BCUT2D eigenvalue weighted by molar-refractivity contribution is -0.118. The van der Waals surface area contributed by atoms with E-state index in [0.717, 1.165) is 30.0 Å². The number of carbonyl (C=O) groups excluding carboxylic acids is 1. The summed E-state index contributed by atoms with van der Waals surface area (Å²) in [6.07, 6.45) is 6.45. The summed E-state index contributed by atoms with van der Waals surface area (Å²) in [5, 5.41) is 2.96. The first-order chi connectivity index (χ1) is 11.7. The molecule has 2 aromatic rings. The lowest BCUT2D eigenvalue weighted by Crippen LogP contribution is -2.39. The molecule has 3 rings (SSSR count). The van der Waals surface area contributed by atoms with E-state index >= 15 is 0 Å².